The number of aromatic nitrogens is 2. The maximum Gasteiger partial charge on any atom is 0.251 e. The van der Waals surface area contributed by atoms with E-state index in [0.29, 0.717) is 30.4 Å². The third-order valence-electron chi connectivity index (χ3n) is 5.11. The molecule has 1 aliphatic heterocycles. The second-order valence-corrected chi connectivity index (χ2v) is 6.90. The molecule has 7 nitrogen and oxygen atoms in total. The molecule has 0 bridgehead atoms. The normalized spacial score (nSPS) is 14.1. The summed E-state index contributed by atoms with van der Waals surface area (Å²) in [5.41, 5.74) is 1.95. The number of benzene rings is 2. The number of rotatable bonds is 6. The van der Waals surface area contributed by atoms with Crippen LogP contribution >= 0.6 is 0 Å². The van der Waals surface area contributed by atoms with Crippen molar-refractivity contribution in [1.82, 2.24) is 15.1 Å². The molecule has 1 aliphatic rings. The van der Waals surface area contributed by atoms with Gasteiger partial charge in [0.15, 0.2) is 0 Å². The lowest BCUT2D eigenvalue weighted by Crippen LogP contribution is -2.48. The fraction of sp³-hybridized carbons (Fsp3) is 0.318. The van der Waals surface area contributed by atoms with E-state index in [1.54, 1.807) is 7.11 Å². The molecule has 1 amide bonds. The maximum atomic E-state index is 12.6. The molecule has 1 saturated heterocycles. The lowest BCUT2D eigenvalue weighted by molar-refractivity contribution is -0.131. The minimum atomic E-state index is 0.120. The number of anilines is 1. The number of carbonyl (C=O) groups is 1. The van der Waals surface area contributed by atoms with Gasteiger partial charge in [-0.2, -0.15) is 0 Å². The van der Waals surface area contributed by atoms with Gasteiger partial charge in [0.2, 0.25) is 11.8 Å². The van der Waals surface area contributed by atoms with Crippen molar-refractivity contribution in [2.75, 3.05) is 38.2 Å². The van der Waals surface area contributed by atoms with Gasteiger partial charge in [0.05, 0.1) is 12.7 Å². The van der Waals surface area contributed by atoms with Crippen molar-refractivity contribution in [2.24, 2.45) is 0 Å². The summed E-state index contributed by atoms with van der Waals surface area (Å²) in [6.07, 6.45) is 0.790. The number of hydrogen-bond acceptors (Lipinski definition) is 6. The topological polar surface area (TPSA) is 71.7 Å². The standard InChI is InChI=1S/C22H24N4O3/c1-28-19-10-6-5-9-18(19)22-24-23-20(29-22)11-12-21(27)26-15-13-25(14-16-26)17-7-3-2-4-8-17/h2-10H,11-16H2,1H3. The highest BCUT2D eigenvalue weighted by Gasteiger charge is 2.22. The Bertz CT molecular complexity index is 949. The van der Waals surface area contributed by atoms with E-state index in [0.717, 1.165) is 31.7 Å². The average Bonchev–Trinajstić information content (AvgIpc) is 3.27. The second kappa shape index (κ2) is 8.77. The van der Waals surface area contributed by atoms with E-state index in [-0.39, 0.29) is 5.91 Å². The van der Waals surface area contributed by atoms with Gasteiger partial charge in [-0.3, -0.25) is 4.79 Å². The van der Waals surface area contributed by atoms with Crippen LogP contribution in [-0.2, 0) is 11.2 Å². The van der Waals surface area contributed by atoms with E-state index in [4.69, 9.17) is 9.15 Å². The minimum absolute atomic E-state index is 0.120. The third-order valence-corrected chi connectivity index (χ3v) is 5.11. The number of amides is 1. The Hall–Kier alpha value is -3.35. The van der Waals surface area contributed by atoms with E-state index in [9.17, 15) is 4.79 Å². The second-order valence-electron chi connectivity index (χ2n) is 6.90. The first-order valence-electron chi connectivity index (χ1n) is 9.78. The fourth-order valence-electron chi connectivity index (χ4n) is 3.51. The van der Waals surface area contributed by atoms with E-state index in [1.807, 2.05) is 47.4 Å². The molecule has 0 spiro atoms. The van der Waals surface area contributed by atoms with Gasteiger partial charge in [-0.15, -0.1) is 10.2 Å². The van der Waals surface area contributed by atoms with Crippen LogP contribution in [0.5, 0.6) is 5.75 Å². The Morgan fingerprint density at radius 2 is 1.72 bits per heavy atom. The van der Waals surface area contributed by atoms with Crippen molar-refractivity contribution in [1.29, 1.82) is 0 Å². The molecule has 0 aliphatic carbocycles. The molecule has 1 fully saturated rings. The monoisotopic (exact) mass is 392 g/mol. The Morgan fingerprint density at radius 3 is 2.48 bits per heavy atom. The van der Waals surface area contributed by atoms with Gasteiger partial charge in [-0.1, -0.05) is 30.3 Å². The average molecular weight is 392 g/mol. The largest absolute Gasteiger partial charge is 0.496 e. The zero-order valence-corrected chi connectivity index (χ0v) is 16.5. The quantitative estimate of drug-likeness (QED) is 0.642. The highest BCUT2D eigenvalue weighted by Crippen LogP contribution is 2.28. The van der Waals surface area contributed by atoms with Gasteiger partial charge < -0.3 is 19.0 Å². The molecule has 2 heterocycles. The van der Waals surface area contributed by atoms with Crippen molar-refractivity contribution < 1.29 is 13.9 Å². The van der Waals surface area contributed by atoms with E-state index in [2.05, 4.69) is 27.2 Å². The SMILES string of the molecule is COc1ccccc1-c1nnc(CCC(=O)N2CCN(c3ccccc3)CC2)o1. The van der Waals surface area contributed by atoms with Gasteiger partial charge in [0.25, 0.3) is 5.89 Å². The van der Waals surface area contributed by atoms with Crippen LogP contribution in [0.15, 0.2) is 59.0 Å². The summed E-state index contributed by atoms with van der Waals surface area (Å²) < 4.78 is 11.1. The summed E-state index contributed by atoms with van der Waals surface area (Å²) in [7, 11) is 1.60. The zero-order valence-electron chi connectivity index (χ0n) is 16.5. The summed E-state index contributed by atoms with van der Waals surface area (Å²) in [6.45, 7) is 3.14. The van der Waals surface area contributed by atoms with Crippen LogP contribution in [0.2, 0.25) is 0 Å². The van der Waals surface area contributed by atoms with Crippen LogP contribution in [0.1, 0.15) is 12.3 Å². The van der Waals surface area contributed by atoms with Crippen LogP contribution in [0, 0.1) is 0 Å². The highest BCUT2D eigenvalue weighted by molar-refractivity contribution is 5.76. The molecule has 0 unspecified atom stereocenters. The number of methoxy groups -OCH3 is 1. The Balaban J connectivity index is 1.30. The molecule has 0 N–H and O–H groups in total. The molecule has 7 heteroatoms. The Kier molecular flexibility index (Phi) is 5.74. The summed E-state index contributed by atoms with van der Waals surface area (Å²) in [5.74, 6) is 1.66. The van der Waals surface area contributed by atoms with E-state index >= 15 is 0 Å². The first-order valence-corrected chi connectivity index (χ1v) is 9.78. The Labute approximate surface area is 169 Å². The molecule has 0 atom stereocenters. The van der Waals surface area contributed by atoms with Crippen molar-refractivity contribution in [3.05, 3.63) is 60.5 Å². The predicted octanol–water partition coefficient (Wildman–Crippen LogP) is 3.03. The zero-order chi connectivity index (χ0) is 20.1. The van der Waals surface area contributed by atoms with Crippen molar-refractivity contribution in [3.8, 4) is 17.2 Å². The number of nitrogens with zero attached hydrogens (tertiary/aromatic N) is 4. The molecule has 0 saturated carbocycles. The van der Waals surface area contributed by atoms with Crippen LogP contribution in [0.4, 0.5) is 5.69 Å². The molecular weight excluding hydrogens is 368 g/mol. The molecule has 0 radical (unpaired) electrons. The van der Waals surface area contributed by atoms with Crippen LogP contribution in [0.25, 0.3) is 11.5 Å². The van der Waals surface area contributed by atoms with Crippen LogP contribution < -0.4 is 9.64 Å². The number of ether oxygens (including phenoxy) is 1. The molecule has 150 valence electrons. The number of aryl methyl sites for hydroxylation is 1. The third kappa shape index (κ3) is 4.39. The van der Waals surface area contributed by atoms with Crippen LogP contribution in [-0.4, -0.2) is 54.3 Å². The number of hydrogen-bond donors (Lipinski definition) is 0. The van der Waals surface area contributed by atoms with Gasteiger partial charge in [0.1, 0.15) is 5.75 Å². The minimum Gasteiger partial charge on any atom is -0.496 e. The van der Waals surface area contributed by atoms with Crippen molar-refractivity contribution in [3.63, 3.8) is 0 Å². The molecule has 1 aromatic heterocycles. The van der Waals surface area contributed by atoms with Gasteiger partial charge in [0, 0.05) is 44.7 Å². The molecule has 4 rings (SSSR count). The van der Waals surface area contributed by atoms with E-state index in [1.165, 1.54) is 5.69 Å². The number of piperazine rings is 1. The van der Waals surface area contributed by atoms with Crippen molar-refractivity contribution >= 4 is 11.6 Å². The summed E-state index contributed by atoms with van der Waals surface area (Å²) in [4.78, 5) is 16.8. The fourth-order valence-corrected chi connectivity index (χ4v) is 3.51. The molecule has 2 aromatic carbocycles. The van der Waals surface area contributed by atoms with Gasteiger partial charge >= 0.3 is 0 Å². The highest BCUT2D eigenvalue weighted by atomic mass is 16.5. The first-order chi connectivity index (χ1) is 14.2. The lowest BCUT2D eigenvalue weighted by atomic mass is 10.2. The Morgan fingerprint density at radius 1 is 1.00 bits per heavy atom. The number of para-hydroxylation sites is 2. The van der Waals surface area contributed by atoms with Crippen molar-refractivity contribution in [2.45, 2.75) is 12.8 Å². The summed E-state index contributed by atoms with van der Waals surface area (Å²) in [5, 5.41) is 8.19. The predicted molar refractivity (Wildman–Crippen MR) is 110 cm³/mol. The van der Waals surface area contributed by atoms with Gasteiger partial charge in [-0.25, -0.2) is 0 Å². The smallest absolute Gasteiger partial charge is 0.251 e. The van der Waals surface area contributed by atoms with Crippen LogP contribution in [0.3, 0.4) is 0 Å². The van der Waals surface area contributed by atoms with Gasteiger partial charge in [-0.05, 0) is 24.3 Å². The molecule has 3 aromatic rings. The van der Waals surface area contributed by atoms with E-state index < -0.39 is 0 Å². The lowest BCUT2D eigenvalue weighted by Gasteiger charge is -2.36. The molecule has 29 heavy (non-hydrogen) atoms. The first kappa shape index (κ1) is 19.0. The molecular formula is C22H24N4O3. The summed E-state index contributed by atoms with van der Waals surface area (Å²) in [6, 6.07) is 17.8. The number of carbonyl (C=O) groups excluding carboxylic acids is 1. The maximum absolute atomic E-state index is 12.6. The summed E-state index contributed by atoms with van der Waals surface area (Å²) >= 11 is 0.